The lowest BCUT2D eigenvalue weighted by atomic mass is 10.3. The Morgan fingerprint density at radius 3 is 2.93 bits per heavy atom. The second-order valence-corrected chi connectivity index (χ2v) is 4.01. The first-order chi connectivity index (χ1) is 7.24. The second kappa shape index (κ2) is 2.59. The molecule has 2 aromatic rings. The van der Waals surface area contributed by atoms with E-state index in [1.807, 2.05) is 28.8 Å². The largest absolute Gasteiger partial charge is 0.319 e. The van der Waals surface area contributed by atoms with Crippen LogP contribution < -0.4 is 5.73 Å². The van der Waals surface area contributed by atoms with Gasteiger partial charge in [0.05, 0.1) is 11.1 Å². The fraction of sp³-hybridized carbons (Fsp3) is 0.273. The molecule has 0 amide bonds. The Kier molecular flexibility index (Phi) is 1.46. The topological polar surface area (TPSA) is 67.1 Å². The Hall–Kier alpha value is -1.86. The minimum Gasteiger partial charge on any atom is -0.319 e. The van der Waals surface area contributed by atoms with Crippen LogP contribution >= 0.6 is 0 Å². The molecule has 4 heteroatoms. The van der Waals surface area contributed by atoms with Gasteiger partial charge in [-0.25, -0.2) is 4.98 Å². The van der Waals surface area contributed by atoms with E-state index in [1.54, 1.807) is 0 Å². The van der Waals surface area contributed by atoms with Gasteiger partial charge in [0.2, 0.25) is 0 Å². The molecule has 3 rings (SSSR count). The predicted molar refractivity (Wildman–Crippen MR) is 55.0 cm³/mol. The van der Waals surface area contributed by atoms with E-state index in [0.717, 1.165) is 24.2 Å². The Morgan fingerprint density at radius 2 is 2.27 bits per heavy atom. The van der Waals surface area contributed by atoms with E-state index in [9.17, 15) is 0 Å². The molecule has 74 valence electrons. The summed E-state index contributed by atoms with van der Waals surface area (Å²) in [6.45, 7) is 0. The molecule has 0 aromatic carbocycles. The Balaban J connectivity index is 2.36. The maximum absolute atomic E-state index is 8.97. The molecular formula is C11H10N4. The minimum absolute atomic E-state index is 0.306. The van der Waals surface area contributed by atoms with Gasteiger partial charge < -0.3 is 10.1 Å². The molecule has 4 nitrogen and oxygen atoms in total. The molecule has 2 heterocycles. The van der Waals surface area contributed by atoms with Crippen LogP contribution in [0.1, 0.15) is 24.4 Å². The van der Waals surface area contributed by atoms with Crippen LogP contribution in [0, 0.1) is 11.3 Å². The predicted octanol–water partition coefficient (Wildman–Crippen LogP) is 1.15. The average molecular weight is 198 g/mol. The molecule has 0 aliphatic heterocycles. The third-order valence-corrected chi connectivity index (χ3v) is 2.89. The highest BCUT2D eigenvalue weighted by Crippen LogP contribution is 2.42. The van der Waals surface area contributed by atoms with E-state index in [2.05, 4.69) is 11.1 Å². The van der Waals surface area contributed by atoms with Crippen molar-refractivity contribution in [1.29, 1.82) is 5.26 Å². The number of aromatic nitrogens is 2. The summed E-state index contributed by atoms with van der Waals surface area (Å²) in [7, 11) is 0. The third kappa shape index (κ3) is 1.07. The van der Waals surface area contributed by atoms with Gasteiger partial charge in [-0.2, -0.15) is 5.26 Å². The quantitative estimate of drug-likeness (QED) is 0.747. The summed E-state index contributed by atoms with van der Waals surface area (Å²) in [5, 5.41) is 8.97. The second-order valence-electron chi connectivity index (χ2n) is 4.01. The van der Waals surface area contributed by atoms with Gasteiger partial charge in [-0.3, -0.25) is 0 Å². The van der Waals surface area contributed by atoms with Crippen molar-refractivity contribution >= 4 is 5.52 Å². The number of imidazole rings is 1. The molecule has 0 unspecified atom stereocenters. The van der Waals surface area contributed by atoms with Crippen molar-refractivity contribution in [3.8, 4) is 6.07 Å². The molecule has 2 aromatic heterocycles. The normalized spacial score (nSPS) is 17.6. The molecule has 15 heavy (non-hydrogen) atoms. The molecule has 2 N–H and O–H groups in total. The first-order valence-electron chi connectivity index (χ1n) is 4.91. The lowest BCUT2D eigenvalue weighted by Crippen LogP contribution is -2.22. The number of pyridine rings is 1. The number of rotatable bonds is 1. The van der Waals surface area contributed by atoms with E-state index in [4.69, 9.17) is 11.0 Å². The van der Waals surface area contributed by atoms with Crippen LogP contribution in [-0.2, 0) is 5.54 Å². The lowest BCUT2D eigenvalue weighted by Gasteiger charge is -2.06. The van der Waals surface area contributed by atoms with E-state index in [0.29, 0.717) is 5.69 Å². The van der Waals surface area contributed by atoms with Gasteiger partial charge in [0.25, 0.3) is 0 Å². The summed E-state index contributed by atoms with van der Waals surface area (Å²) in [5.41, 5.74) is 7.10. The summed E-state index contributed by atoms with van der Waals surface area (Å²) < 4.78 is 1.92. The van der Waals surface area contributed by atoms with Gasteiger partial charge in [0, 0.05) is 6.20 Å². The van der Waals surface area contributed by atoms with Crippen molar-refractivity contribution in [3.05, 3.63) is 35.9 Å². The molecule has 0 bridgehead atoms. The highest BCUT2D eigenvalue weighted by molar-refractivity contribution is 5.59. The van der Waals surface area contributed by atoms with Crippen molar-refractivity contribution < 1.29 is 0 Å². The molecule has 1 aliphatic carbocycles. The Bertz CT molecular complexity index is 572. The average Bonchev–Trinajstić information content (AvgIpc) is 2.90. The van der Waals surface area contributed by atoms with Gasteiger partial charge in [0.15, 0.2) is 5.69 Å². The van der Waals surface area contributed by atoms with Crippen LogP contribution in [0.25, 0.3) is 5.52 Å². The smallest absolute Gasteiger partial charge is 0.166 e. The number of nitriles is 1. The molecule has 0 spiro atoms. The van der Waals surface area contributed by atoms with Gasteiger partial charge >= 0.3 is 0 Å². The van der Waals surface area contributed by atoms with Crippen LogP contribution in [0.3, 0.4) is 0 Å². The van der Waals surface area contributed by atoms with Crippen LogP contribution in [0.15, 0.2) is 24.4 Å². The maximum Gasteiger partial charge on any atom is 0.166 e. The van der Waals surface area contributed by atoms with Gasteiger partial charge in [-0.1, -0.05) is 6.07 Å². The molecule has 0 saturated heterocycles. The van der Waals surface area contributed by atoms with E-state index in [-0.39, 0.29) is 5.54 Å². The van der Waals surface area contributed by atoms with E-state index < -0.39 is 0 Å². The van der Waals surface area contributed by atoms with E-state index in [1.165, 1.54) is 0 Å². The van der Waals surface area contributed by atoms with Crippen LogP contribution in [0.5, 0.6) is 0 Å². The van der Waals surface area contributed by atoms with Crippen molar-refractivity contribution in [1.82, 2.24) is 9.38 Å². The standard InChI is InChI=1S/C11H10N4/c12-7-8-9-3-1-2-6-15(9)10(14-8)11(13)4-5-11/h1-3,6H,4-5,13H2. The fourth-order valence-electron chi connectivity index (χ4n) is 1.83. The molecule has 1 saturated carbocycles. The number of hydrogen-bond acceptors (Lipinski definition) is 3. The van der Waals surface area contributed by atoms with Crippen molar-refractivity contribution in [2.24, 2.45) is 5.73 Å². The first kappa shape index (κ1) is 8.45. The van der Waals surface area contributed by atoms with Gasteiger partial charge in [-0.15, -0.1) is 0 Å². The lowest BCUT2D eigenvalue weighted by molar-refractivity contribution is 0.668. The molecule has 0 radical (unpaired) electrons. The Labute approximate surface area is 87.0 Å². The molecule has 1 fully saturated rings. The summed E-state index contributed by atoms with van der Waals surface area (Å²) in [4.78, 5) is 4.32. The monoisotopic (exact) mass is 198 g/mol. The van der Waals surface area contributed by atoms with Gasteiger partial charge in [-0.05, 0) is 25.0 Å². The number of hydrogen-bond donors (Lipinski definition) is 1. The summed E-state index contributed by atoms with van der Waals surface area (Å²) in [6, 6.07) is 7.81. The molecular weight excluding hydrogens is 188 g/mol. The van der Waals surface area contributed by atoms with Crippen molar-refractivity contribution in [2.45, 2.75) is 18.4 Å². The maximum atomic E-state index is 8.97. The zero-order valence-corrected chi connectivity index (χ0v) is 8.14. The van der Waals surface area contributed by atoms with Crippen LogP contribution in [-0.4, -0.2) is 9.38 Å². The summed E-state index contributed by atoms with van der Waals surface area (Å²) in [6.07, 6.45) is 3.81. The van der Waals surface area contributed by atoms with E-state index >= 15 is 0 Å². The van der Waals surface area contributed by atoms with Crippen LogP contribution in [0.2, 0.25) is 0 Å². The number of fused-ring (bicyclic) bond motifs is 1. The zero-order chi connectivity index (χ0) is 10.5. The van der Waals surface area contributed by atoms with Gasteiger partial charge in [0.1, 0.15) is 11.9 Å². The molecule has 0 atom stereocenters. The van der Waals surface area contributed by atoms with Crippen molar-refractivity contribution in [2.75, 3.05) is 0 Å². The number of nitrogens with zero attached hydrogens (tertiary/aromatic N) is 3. The molecule has 1 aliphatic rings. The fourth-order valence-corrected chi connectivity index (χ4v) is 1.83. The summed E-state index contributed by atoms with van der Waals surface area (Å²) >= 11 is 0. The summed E-state index contributed by atoms with van der Waals surface area (Å²) in [5.74, 6) is 0.814. The third-order valence-electron chi connectivity index (χ3n) is 2.89. The minimum atomic E-state index is -0.306. The number of nitrogens with two attached hydrogens (primary N) is 1. The first-order valence-corrected chi connectivity index (χ1v) is 4.91. The SMILES string of the molecule is N#Cc1nc(C2(N)CC2)n2ccccc12. The van der Waals surface area contributed by atoms with Crippen molar-refractivity contribution in [3.63, 3.8) is 0 Å². The highest BCUT2D eigenvalue weighted by atomic mass is 15.1. The van der Waals surface area contributed by atoms with Crippen LogP contribution in [0.4, 0.5) is 0 Å². The zero-order valence-electron chi connectivity index (χ0n) is 8.14. The Morgan fingerprint density at radius 1 is 1.47 bits per heavy atom. The highest BCUT2D eigenvalue weighted by Gasteiger charge is 2.44.